The summed E-state index contributed by atoms with van der Waals surface area (Å²) < 4.78 is 0. The highest BCUT2D eigenvalue weighted by molar-refractivity contribution is 5.68. The van der Waals surface area contributed by atoms with Gasteiger partial charge in [-0.05, 0) is 35.8 Å². The lowest BCUT2D eigenvalue weighted by atomic mass is 10.0. The maximum Gasteiger partial charge on any atom is 0.116 e. The van der Waals surface area contributed by atoms with Crippen LogP contribution in [0.3, 0.4) is 0 Å². The lowest BCUT2D eigenvalue weighted by Gasteiger charge is -2.03. The molecule has 0 atom stereocenters. The predicted molar refractivity (Wildman–Crippen MR) is 55.2 cm³/mol. The van der Waals surface area contributed by atoms with Gasteiger partial charge in [-0.2, -0.15) is 0 Å². The number of hydrogen-bond acceptors (Lipinski definition) is 1. The van der Waals surface area contributed by atoms with Crippen LogP contribution in [0.15, 0.2) is 30.3 Å². The fraction of sp³-hybridized carbons (Fsp3) is 0.167. The lowest BCUT2D eigenvalue weighted by molar-refractivity contribution is 0.475. The summed E-state index contributed by atoms with van der Waals surface area (Å²) in [5.41, 5.74) is 2.05. The highest BCUT2D eigenvalue weighted by Gasteiger charge is 1.98. The SMILES string of the molecule is C#CC=C(CC)c1cccc(O)c1. The van der Waals surface area contributed by atoms with Gasteiger partial charge in [-0.1, -0.05) is 25.0 Å². The van der Waals surface area contributed by atoms with E-state index in [4.69, 9.17) is 6.42 Å². The minimum atomic E-state index is 0.272. The van der Waals surface area contributed by atoms with Crippen molar-refractivity contribution in [1.29, 1.82) is 0 Å². The second-order valence-electron chi connectivity index (χ2n) is 2.74. The Morgan fingerprint density at radius 2 is 2.38 bits per heavy atom. The van der Waals surface area contributed by atoms with Crippen LogP contribution in [0.4, 0.5) is 0 Å². The first-order chi connectivity index (χ1) is 6.27. The summed E-state index contributed by atoms with van der Waals surface area (Å²) in [5, 5.41) is 9.25. The molecule has 0 saturated heterocycles. The van der Waals surface area contributed by atoms with E-state index >= 15 is 0 Å². The summed E-state index contributed by atoms with van der Waals surface area (Å²) in [7, 11) is 0. The molecule has 1 heteroatoms. The van der Waals surface area contributed by atoms with Gasteiger partial charge < -0.3 is 5.11 Å². The van der Waals surface area contributed by atoms with Crippen LogP contribution < -0.4 is 0 Å². The highest BCUT2D eigenvalue weighted by atomic mass is 16.3. The number of phenols is 1. The van der Waals surface area contributed by atoms with Crippen LogP contribution in [0, 0.1) is 12.3 Å². The van der Waals surface area contributed by atoms with Gasteiger partial charge in [-0.25, -0.2) is 0 Å². The van der Waals surface area contributed by atoms with Crippen molar-refractivity contribution in [3.63, 3.8) is 0 Å². The highest BCUT2D eigenvalue weighted by Crippen LogP contribution is 2.21. The second-order valence-corrected chi connectivity index (χ2v) is 2.74. The fourth-order valence-corrected chi connectivity index (χ4v) is 1.20. The van der Waals surface area contributed by atoms with E-state index in [1.165, 1.54) is 0 Å². The topological polar surface area (TPSA) is 20.2 Å². The van der Waals surface area contributed by atoms with Crippen LogP contribution in [0.5, 0.6) is 5.75 Å². The zero-order valence-corrected chi connectivity index (χ0v) is 7.62. The molecule has 1 rings (SSSR count). The number of benzene rings is 1. The zero-order chi connectivity index (χ0) is 9.68. The number of rotatable bonds is 2. The maximum atomic E-state index is 9.25. The molecule has 13 heavy (non-hydrogen) atoms. The van der Waals surface area contributed by atoms with E-state index in [0.29, 0.717) is 0 Å². The minimum absolute atomic E-state index is 0.272. The molecule has 0 bridgehead atoms. The molecule has 0 saturated carbocycles. The number of aromatic hydroxyl groups is 1. The largest absolute Gasteiger partial charge is 0.508 e. The van der Waals surface area contributed by atoms with Crippen molar-refractivity contribution < 1.29 is 5.11 Å². The monoisotopic (exact) mass is 172 g/mol. The van der Waals surface area contributed by atoms with Gasteiger partial charge in [0.25, 0.3) is 0 Å². The standard InChI is InChI=1S/C12H12O/c1-3-6-10(4-2)11-7-5-8-12(13)9-11/h1,5-9,13H,4H2,2H3. The average molecular weight is 172 g/mol. The quantitative estimate of drug-likeness (QED) is 0.680. The van der Waals surface area contributed by atoms with Crippen molar-refractivity contribution in [2.24, 2.45) is 0 Å². The molecule has 0 aliphatic rings. The molecule has 0 radical (unpaired) electrons. The average Bonchev–Trinajstić information content (AvgIpc) is 2.14. The third-order valence-electron chi connectivity index (χ3n) is 1.86. The van der Waals surface area contributed by atoms with Crippen LogP contribution in [-0.2, 0) is 0 Å². The molecule has 0 aromatic heterocycles. The smallest absolute Gasteiger partial charge is 0.116 e. The van der Waals surface area contributed by atoms with Crippen LogP contribution in [0.2, 0.25) is 0 Å². The van der Waals surface area contributed by atoms with Crippen LogP contribution in [0.1, 0.15) is 18.9 Å². The van der Waals surface area contributed by atoms with Gasteiger partial charge >= 0.3 is 0 Å². The van der Waals surface area contributed by atoms with E-state index in [1.807, 2.05) is 19.1 Å². The summed E-state index contributed by atoms with van der Waals surface area (Å²) in [6.45, 7) is 2.03. The molecule has 0 fully saturated rings. The molecule has 0 aliphatic carbocycles. The Balaban J connectivity index is 3.07. The van der Waals surface area contributed by atoms with Gasteiger partial charge in [0.2, 0.25) is 0 Å². The first-order valence-electron chi connectivity index (χ1n) is 4.22. The summed E-state index contributed by atoms with van der Waals surface area (Å²) in [4.78, 5) is 0. The van der Waals surface area contributed by atoms with Crippen molar-refractivity contribution in [2.45, 2.75) is 13.3 Å². The Bertz CT molecular complexity index is 356. The Labute approximate surface area is 78.7 Å². The van der Waals surface area contributed by atoms with E-state index < -0.39 is 0 Å². The van der Waals surface area contributed by atoms with Gasteiger partial charge in [0.05, 0.1) is 0 Å². The molecule has 0 spiro atoms. The van der Waals surface area contributed by atoms with E-state index in [-0.39, 0.29) is 5.75 Å². The van der Waals surface area contributed by atoms with Crippen molar-refractivity contribution in [3.8, 4) is 18.1 Å². The Kier molecular flexibility index (Phi) is 3.16. The molecule has 0 amide bonds. The molecule has 1 nitrogen and oxygen atoms in total. The molecular formula is C12H12O. The van der Waals surface area contributed by atoms with Crippen molar-refractivity contribution in [1.82, 2.24) is 0 Å². The molecule has 66 valence electrons. The third kappa shape index (κ3) is 2.38. The van der Waals surface area contributed by atoms with Gasteiger partial charge in [0, 0.05) is 0 Å². The van der Waals surface area contributed by atoms with Crippen molar-refractivity contribution in [3.05, 3.63) is 35.9 Å². The molecule has 0 aliphatic heterocycles. The van der Waals surface area contributed by atoms with Gasteiger partial charge in [-0.15, -0.1) is 6.42 Å². The molecule has 1 aromatic rings. The molecule has 0 unspecified atom stereocenters. The number of terminal acetylenes is 1. The number of allylic oxidation sites excluding steroid dienone is 2. The van der Waals surface area contributed by atoms with E-state index in [9.17, 15) is 5.11 Å². The molecular weight excluding hydrogens is 160 g/mol. The lowest BCUT2D eigenvalue weighted by Crippen LogP contribution is -1.81. The Morgan fingerprint density at radius 3 is 2.92 bits per heavy atom. The number of phenolic OH excluding ortho intramolecular Hbond substituents is 1. The van der Waals surface area contributed by atoms with Crippen LogP contribution in [-0.4, -0.2) is 5.11 Å². The Morgan fingerprint density at radius 1 is 1.62 bits per heavy atom. The van der Waals surface area contributed by atoms with Crippen LogP contribution >= 0.6 is 0 Å². The van der Waals surface area contributed by atoms with Gasteiger partial charge in [0.1, 0.15) is 5.75 Å². The third-order valence-corrected chi connectivity index (χ3v) is 1.86. The fourth-order valence-electron chi connectivity index (χ4n) is 1.20. The summed E-state index contributed by atoms with van der Waals surface area (Å²) in [6.07, 6.45) is 7.79. The van der Waals surface area contributed by atoms with E-state index in [0.717, 1.165) is 17.6 Å². The molecule has 0 heterocycles. The van der Waals surface area contributed by atoms with Gasteiger partial charge in [0.15, 0.2) is 0 Å². The zero-order valence-electron chi connectivity index (χ0n) is 7.62. The minimum Gasteiger partial charge on any atom is -0.508 e. The summed E-state index contributed by atoms with van der Waals surface area (Å²) in [5.74, 6) is 2.77. The first kappa shape index (κ1) is 9.41. The summed E-state index contributed by atoms with van der Waals surface area (Å²) in [6, 6.07) is 7.11. The second kappa shape index (κ2) is 4.37. The molecule has 1 aromatic carbocycles. The maximum absolute atomic E-state index is 9.25. The first-order valence-corrected chi connectivity index (χ1v) is 4.22. The number of hydrogen-bond donors (Lipinski definition) is 1. The Hall–Kier alpha value is -1.68. The van der Waals surface area contributed by atoms with Gasteiger partial charge in [-0.3, -0.25) is 0 Å². The van der Waals surface area contributed by atoms with E-state index in [1.54, 1.807) is 18.2 Å². The van der Waals surface area contributed by atoms with Crippen molar-refractivity contribution >= 4 is 5.57 Å². The molecule has 1 N–H and O–H groups in total. The van der Waals surface area contributed by atoms with Crippen molar-refractivity contribution in [2.75, 3.05) is 0 Å². The van der Waals surface area contributed by atoms with Crippen LogP contribution in [0.25, 0.3) is 5.57 Å². The summed E-state index contributed by atoms with van der Waals surface area (Å²) >= 11 is 0. The predicted octanol–water partition coefficient (Wildman–Crippen LogP) is 2.82. The van der Waals surface area contributed by atoms with E-state index in [2.05, 4.69) is 5.92 Å². The normalized spacial score (nSPS) is 10.9.